The van der Waals surface area contributed by atoms with Crippen molar-refractivity contribution >= 4 is 12.0 Å². The van der Waals surface area contributed by atoms with Crippen LogP contribution in [0.2, 0.25) is 0 Å². The van der Waals surface area contributed by atoms with Gasteiger partial charge in [0, 0.05) is 17.2 Å². The van der Waals surface area contributed by atoms with Gasteiger partial charge in [-0.3, -0.25) is 5.43 Å². The van der Waals surface area contributed by atoms with E-state index in [1.54, 1.807) is 6.21 Å². The van der Waals surface area contributed by atoms with E-state index in [0.29, 0.717) is 11.6 Å². The van der Waals surface area contributed by atoms with Gasteiger partial charge in [-0.1, -0.05) is 93.3 Å². The first-order valence-corrected chi connectivity index (χ1v) is 12.3. The van der Waals surface area contributed by atoms with Crippen molar-refractivity contribution < 1.29 is 4.74 Å². The maximum Gasteiger partial charge on any atom is 0.162 e. The summed E-state index contributed by atoms with van der Waals surface area (Å²) in [6, 6.07) is 29.9. The minimum atomic E-state index is 0.636. The minimum absolute atomic E-state index is 0.636. The average Bonchev–Trinajstić information content (AvgIpc) is 2.92. The van der Waals surface area contributed by atoms with Crippen molar-refractivity contribution in [3.8, 4) is 28.4 Å². The molecule has 0 unspecified atom stereocenters. The summed E-state index contributed by atoms with van der Waals surface area (Å²) >= 11 is 0. The number of hydrogen-bond donors (Lipinski definition) is 1. The van der Waals surface area contributed by atoms with E-state index in [2.05, 4.69) is 22.4 Å². The molecular formula is C30H32N4O. The van der Waals surface area contributed by atoms with Crippen molar-refractivity contribution in [3.05, 3.63) is 96.6 Å². The van der Waals surface area contributed by atoms with Gasteiger partial charge in [-0.15, -0.1) is 0 Å². The van der Waals surface area contributed by atoms with Crippen LogP contribution in [0.1, 0.15) is 44.6 Å². The normalized spacial score (nSPS) is 11.0. The Hall–Kier alpha value is -3.99. The lowest BCUT2D eigenvalue weighted by molar-refractivity contribution is 0.304. The van der Waals surface area contributed by atoms with Crippen LogP contribution in [0.5, 0.6) is 5.75 Å². The molecule has 4 rings (SSSR count). The number of aromatic nitrogens is 2. The Kier molecular flexibility index (Phi) is 9.00. The monoisotopic (exact) mass is 464 g/mol. The lowest BCUT2D eigenvalue weighted by Crippen LogP contribution is -1.99. The maximum absolute atomic E-state index is 5.85. The third-order valence-corrected chi connectivity index (χ3v) is 5.62. The Balaban J connectivity index is 1.41. The van der Waals surface area contributed by atoms with Gasteiger partial charge in [-0.25, -0.2) is 9.97 Å². The molecule has 0 amide bonds. The number of hydrazone groups is 1. The van der Waals surface area contributed by atoms with Crippen LogP contribution in [0, 0.1) is 0 Å². The summed E-state index contributed by atoms with van der Waals surface area (Å²) in [6.45, 7) is 2.99. The van der Waals surface area contributed by atoms with Crippen LogP contribution < -0.4 is 10.2 Å². The molecule has 35 heavy (non-hydrogen) atoms. The smallest absolute Gasteiger partial charge is 0.162 e. The minimum Gasteiger partial charge on any atom is -0.494 e. The number of anilines is 1. The zero-order chi connectivity index (χ0) is 24.1. The molecule has 0 bridgehead atoms. The van der Waals surface area contributed by atoms with Gasteiger partial charge in [-0.2, -0.15) is 5.10 Å². The highest BCUT2D eigenvalue weighted by Gasteiger charge is 2.08. The van der Waals surface area contributed by atoms with Gasteiger partial charge in [0.2, 0.25) is 0 Å². The first-order valence-electron chi connectivity index (χ1n) is 12.3. The molecule has 0 aliphatic rings. The van der Waals surface area contributed by atoms with E-state index < -0.39 is 0 Å². The molecule has 0 spiro atoms. The van der Waals surface area contributed by atoms with Gasteiger partial charge in [0.05, 0.1) is 18.5 Å². The first-order chi connectivity index (χ1) is 17.3. The third-order valence-electron chi connectivity index (χ3n) is 5.62. The van der Waals surface area contributed by atoms with Crippen LogP contribution in [0.15, 0.2) is 96.1 Å². The Morgan fingerprint density at radius 2 is 1.46 bits per heavy atom. The molecule has 0 saturated heterocycles. The van der Waals surface area contributed by atoms with E-state index >= 15 is 0 Å². The van der Waals surface area contributed by atoms with Crippen LogP contribution >= 0.6 is 0 Å². The SMILES string of the molecule is CCCCCCCOc1ccc(/C=N/Nc2cc(-c3ccccc3)nc(-c3ccccc3)n2)cc1. The number of unbranched alkanes of at least 4 members (excludes halogenated alkanes) is 4. The van der Waals surface area contributed by atoms with E-state index in [1.807, 2.05) is 91.0 Å². The number of ether oxygens (including phenoxy) is 1. The zero-order valence-corrected chi connectivity index (χ0v) is 20.2. The van der Waals surface area contributed by atoms with Crippen molar-refractivity contribution in [3.63, 3.8) is 0 Å². The summed E-state index contributed by atoms with van der Waals surface area (Å²) in [4.78, 5) is 9.46. The second-order valence-electron chi connectivity index (χ2n) is 8.40. The summed E-state index contributed by atoms with van der Waals surface area (Å²) in [5.74, 6) is 2.18. The molecule has 0 saturated carbocycles. The summed E-state index contributed by atoms with van der Waals surface area (Å²) in [7, 11) is 0. The molecule has 5 nitrogen and oxygen atoms in total. The molecule has 5 heteroatoms. The van der Waals surface area contributed by atoms with Crippen molar-refractivity contribution in [1.29, 1.82) is 0 Å². The van der Waals surface area contributed by atoms with Crippen molar-refractivity contribution in [2.24, 2.45) is 5.10 Å². The fourth-order valence-electron chi connectivity index (χ4n) is 3.70. The van der Waals surface area contributed by atoms with E-state index in [1.165, 1.54) is 25.7 Å². The van der Waals surface area contributed by atoms with Gasteiger partial charge < -0.3 is 4.74 Å². The molecule has 0 aliphatic carbocycles. The predicted molar refractivity (Wildman–Crippen MR) is 145 cm³/mol. The summed E-state index contributed by atoms with van der Waals surface area (Å²) in [6.07, 6.45) is 7.96. The number of nitrogens with zero attached hydrogens (tertiary/aromatic N) is 3. The van der Waals surface area contributed by atoms with Crippen LogP contribution in [0.3, 0.4) is 0 Å². The zero-order valence-electron chi connectivity index (χ0n) is 20.2. The average molecular weight is 465 g/mol. The Morgan fingerprint density at radius 1 is 0.771 bits per heavy atom. The fourth-order valence-corrected chi connectivity index (χ4v) is 3.70. The molecule has 0 aliphatic heterocycles. The molecule has 178 valence electrons. The summed E-state index contributed by atoms with van der Waals surface area (Å²) in [5.41, 5.74) is 6.88. The molecule has 0 radical (unpaired) electrons. The lowest BCUT2D eigenvalue weighted by atomic mass is 10.1. The fraction of sp³-hybridized carbons (Fsp3) is 0.233. The topological polar surface area (TPSA) is 59.4 Å². The van der Waals surface area contributed by atoms with Crippen LogP contribution in [-0.2, 0) is 0 Å². The van der Waals surface area contributed by atoms with Gasteiger partial charge in [0.25, 0.3) is 0 Å². The van der Waals surface area contributed by atoms with Gasteiger partial charge in [-0.05, 0) is 36.2 Å². The Bertz CT molecular complexity index is 1130. The summed E-state index contributed by atoms with van der Waals surface area (Å²) in [5, 5.41) is 4.41. The molecular weight excluding hydrogens is 432 g/mol. The van der Waals surface area contributed by atoms with E-state index in [9.17, 15) is 0 Å². The molecule has 0 fully saturated rings. The van der Waals surface area contributed by atoms with E-state index in [-0.39, 0.29) is 0 Å². The standard InChI is InChI=1S/C30H32N4O/c1-2-3-4-5-12-21-35-27-19-17-24(18-20-27)23-31-34-29-22-28(25-13-8-6-9-14-25)32-30(33-29)26-15-10-7-11-16-26/h6-11,13-20,22-23H,2-5,12,21H2,1H3,(H,32,33,34)/b31-23+. The van der Waals surface area contributed by atoms with Crippen molar-refractivity contribution in [1.82, 2.24) is 9.97 Å². The highest BCUT2D eigenvalue weighted by molar-refractivity contribution is 5.80. The van der Waals surface area contributed by atoms with Gasteiger partial charge in [0.15, 0.2) is 11.6 Å². The highest BCUT2D eigenvalue weighted by atomic mass is 16.5. The van der Waals surface area contributed by atoms with Gasteiger partial charge >= 0.3 is 0 Å². The number of nitrogens with one attached hydrogen (secondary N) is 1. The summed E-state index contributed by atoms with van der Waals surface area (Å²) < 4.78 is 5.85. The van der Waals surface area contributed by atoms with E-state index in [4.69, 9.17) is 9.72 Å². The predicted octanol–water partition coefficient (Wildman–Crippen LogP) is 7.61. The highest BCUT2D eigenvalue weighted by Crippen LogP contribution is 2.24. The Labute approximate surface area is 207 Å². The number of rotatable bonds is 12. The van der Waals surface area contributed by atoms with Crippen molar-refractivity contribution in [2.45, 2.75) is 39.0 Å². The number of hydrogen-bond acceptors (Lipinski definition) is 5. The molecule has 1 heterocycles. The first kappa shape index (κ1) is 24.1. The lowest BCUT2D eigenvalue weighted by Gasteiger charge is -2.08. The van der Waals surface area contributed by atoms with Crippen molar-refractivity contribution in [2.75, 3.05) is 12.0 Å². The Morgan fingerprint density at radius 3 is 2.17 bits per heavy atom. The van der Waals surface area contributed by atoms with Gasteiger partial charge in [0.1, 0.15) is 5.75 Å². The van der Waals surface area contributed by atoms with Crippen LogP contribution in [0.4, 0.5) is 5.82 Å². The largest absolute Gasteiger partial charge is 0.494 e. The second kappa shape index (κ2) is 13.0. The second-order valence-corrected chi connectivity index (χ2v) is 8.40. The molecule has 0 atom stereocenters. The van der Waals surface area contributed by atoms with Crippen LogP contribution in [0.25, 0.3) is 22.6 Å². The third kappa shape index (κ3) is 7.51. The quantitative estimate of drug-likeness (QED) is 0.133. The van der Waals surface area contributed by atoms with E-state index in [0.717, 1.165) is 41.2 Å². The van der Waals surface area contributed by atoms with Crippen LogP contribution in [-0.4, -0.2) is 22.8 Å². The molecule has 1 N–H and O–H groups in total. The number of benzene rings is 3. The maximum atomic E-state index is 5.85. The molecule has 1 aromatic heterocycles. The molecule has 4 aromatic rings. The molecule has 3 aromatic carbocycles.